The predicted octanol–water partition coefficient (Wildman–Crippen LogP) is 2.20. The van der Waals surface area contributed by atoms with Crippen LogP contribution >= 0.6 is 0 Å². The third-order valence-electron chi connectivity index (χ3n) is 3.88. The van der Waals surface area contributed by atoms with Crippen molar-refractivity contribution in [2.45, 2.75) is 38.8 Å². The van der Waals surface area contributed by atoms with Crippen molar-refractivity contribution >= 4 is 0 Å². The van der Waals surface area contributed by atoms with Crippen LogP contribution in [-0.2, 0) is 0 Å². The zero-order chi connectivity index (χ0) is 12.3. The van der Waals surface area contributed by atoms with Crippen LogP contribution in [0.25, 0.3) is 0 Å². The van der Waals surface area contributed by atoms with Gasteiger partial charge < -0.3 is 5.73 Å². The maximum Gasteiger partial charge on any atom is 0.0474 e. The average Bonchev–Trinajstić information content (AvgIpc) is 2.36. The normalized spacial score (nSPS) is 27.9. The van der Waals surface area contributed by atoms with E-state index in [-0.39, 0.29) is 0 Å². The van der Waals surface area contributed by atoms with Gasteiger partial charge in [0.15, 0.2) is 0 Å². The van der Waals surface area contributed by atoms with Gasteiger partial charge in [-0.15, -0.1) is 0 Å². The monoisotopic (exact) mass is 233 g/mol. The van der Waals surface area contributed by atoms with Crippen LogP contribution in [0.4, 0.5) is 0 Å². The van der Waals surface area contributed by atoms with Crippen molar-refractivity contribution in [1.82, 2.24) is 9.88 Å². The lowest BCUT2D eigenvalue weighted by atomic mass is 9.92. The lowest BCUT2D eigenvalue weighted by Crippen LogP contribution is -2.45. The first kappa shape index (κ1) is 12.5. The molecule has 3 nitrogen and oxygen atoms in total. The van der Waals surface area contributed by atoms with Crippen LogP contribution in [0.15, 0.2) is 24.5 Å². The highest BCUT2D eigenvalue weighted by Crippen LogP contribution is 2.29. The van der Waals surface area contributed by atoms with Crippen LogP contribution in [0.1, 0.15) is 38.3 Å². The second-order valence-corrected chi connectivity index (χ2v) is 5.26. The van der Waals surface area contributed by atoms with Gasteiger partial charge in [0.05, 0.1) is 0 Å². The second-order valence-electron chi connectivity index (χ2n) is 5.26. The van der Waals surface area contributed by atoms with E-state index in [2.05, 4.69) is 35.9 Å². The summed E-state index contributed by atoms with van der Waals surface area (Å²) in [6.07, 6.45) is 6.33. The minimum Gasteiger partial charge on any atom is -0.329 e. The van der Waals surface area contributed by atoms with Gasteiger partial charge in [-0.3, -0.25) is 9.88 Å². The lowest BCUT2D eigenvalue weighted by molar-refractivity contribution is 0.0798. The van der Waals surface area contributed by atoms with E-state index in [4.69, 9.17) is 5.73 Å². The molecular formula is C14H23N3. The van der Waals surface area contributed by atoms with Crippen LogP contribution in [0.2, 0.25) is 0 Å². The van der Waals surface area contributed by atoms with Gasteiger partial charge in [-0.25, -0.2) is 0 Å². The van der Waals surface area contributed by atoms with Gasteiger partial charge in [0.25, 0.3) is 0 Å². The van der Waals surface area contributed by atoms with Crippen LogP contribution in [0.3, 0.4) is 0 Å². The van der Waals surface area contributed by atoms with E-state index in [9.17, 15) is 0 Å². The van der Waals surface area contributed by atoms with Gasteiger partial charge in [-0.05, 0) is 43.4 Å². The topological polar surface area (TPSA) is 42.1 Å². The van der Waals surface area contributed by atoms with E-state index >= 15 is 0 Å². The average molecular weight is 233 g/mol. The first-order chi connectivity index (χ1) is 8.22. The highest BCUT2D eigenvalue weighted by molar-refractivity contribution is 5.16. The van der Waals surface area contributed by atoms with E-state index in [1.807, 2.05) is 12.4 Å². The molecule has 0 spiro atoms. The molecule has 1 aromatic rings. The summed E-state index contributed by atoms with van der Waals surface area (Å²) in [6, 6.07) is 5.15. The van der Waals surface area contributed by atoms with Gasteiger partial charge in [-0.1, -0.05) is 6.92 Å². The Morgan fingerprint density at radius 3 is 2.71 bits per heavy atom. The molecule has 1 fully saturated rings. The molecule has 94 valence electrons. The first-order valence-corrected chi connectivity index (χ1v) is 6.58. The van der Waals surface area contributed by atoms with Crippen LogP contribution in [0.5, 0.6) is 0 Å². The number of hydrogen-bond acceptors (Lipinski definition) is 3. The zero-order valence-corrected chi connectivity index (χ0v) is 10.8. The molecule has 2 rings (SSSR count). The largest absolute Gasteiger partial charge is 0.329 e. The molecular weight excluding hydrogens is 210 g/mol. The zero-order valence-electron chi connectivity index (χ0n) is 10.8. The molecule has 1 saturated heterocycles. The van der Waals surface area contributed by atoms with Crippen LogP contribution < -0.4 is 5.73 Å². The molecule has 1 aromatic heterocycles. The number of piperidine rings is 1. The molecule has 0 bridgehead atoms. The fourth-order valence-corrected chi connectivity index (χ4v) is 2.81. The summed E-state index contributed by atoms with van der Waals surface area (Å²) < 4.78 is 0. The molecule has 0 aliphatic carbocycles. The van der Waals surface area contributed by atoms with Crippen LogP contribution in [0, 0.1) is 5.92 Å². The summed E-state index contributed by atoms with van der Waals surface area (Å²) in [7, 11) is 0. The Hall–Kier alpha value is -0.930. The molecule has 3 unspecified atom stereocenters. The predicted molar refractivity (Wildman–Crippen MR) is 70.6 cm³/mol. The number of aromatic nitrogens is 1. The molecule has 3 heteroatoms. The Kier molecular flexibility index (Phi) is 4.13. The summed E-state index contributed by atoms with van der Waals surface area (Å²) in [5, 5.41) is 0. The maximum absolute atomic E-state index is 5.98. The molecule has 0 aromatic carbocycles. The van der Waals surface area contributed by atoms with E-state index in [1.54, 1.807) is 0 Å². The van der Waals surface area contributed by atoms with Crippen molar-refractivity contribution in [3.8, 4) is 0 Å². The number of pyridine rings is 1. The minimum absolute atomic E-state index is 0.343. The van der Waals surface area contributed by atoms with Gasteiger partial charge in [0.2, 0.25) is 0 Å². The third-order valence-corrected chi connectivity index (χ3v) is 3.88. The van der Waals surface area contributed by atoms with Crippen molar-refractivity contribution in [1.29, 1.82) is 0 Å². The van der Waals surface area contributed by atoms with E-state index in [0.29, 0.717) is 18.6 Å². The Morgan fingerprint density at radius 1 is 1.35 bits per heavy atom. The number of hydrogen-bond donors (Lipinski definition) is 1. The number of nitrogens with zero attached hydrogens (tertiary/aromatic N) is 2. The Labute approximate surface area is 104 Å². The summed E-state index contributed by atoms with van der Waals surface area (Å²) in [4.78, 5) is 6.64. The quantitative estimate of drug-likeness (QED) is 0.870. The molecule has 2 N–H and O–H groups in total. The molecule has 2 heterocycles. The van der Waals surface area contributed by atoms with Crippen molar-refractivity contribution in [2.24, 2.45) is 11.7 Å². The molecule has 1 aliphatic heterocycles. The molecule has 1 aliphatic rings. The maximum atomic E-state index is 5.98. The second kappa shape index (κ2) is 5.61. The van der Waals surface area contributed by atoms with Crippen molar-refractivity contribution in [3.05, 3.63) is 30.1 Å². The highest BCUT2D eigenvalue weighted by atomic mass is 15.2. The SMILES string of the molecule is CC1CCC(C)N(C(CN)c2ccncc2)C1. The number of likely N-dealkylation sites (tertiary alicyclic amines) is 1. The number of rotatable bonds is 3. The smallest absolute Gasteiger partial charge is 0.0474 e. The fourth-order valence-electron chi connectivity index (χ4n) is 2.81. The van der Waals surface area contributed by atoms with Gasteiger partial charge >= 0.3 is 0 Å². The molecule has 0 saturated carbocycles. The highest BCUT2D eigenvalue weighted by Gasteiger charge is 2.28. The van der Waals surface area contributed by atoms with Gasteiger partial charge in [0.1, 0.15) is 0 Å². The summed E-state index contributed by atoms with van der Waals surface area (Å²) >= 11 is 0. The Morgan fingerprint density at radius 2 is 2.06 bits per heavy atom. The summed E-state index contributed by atoms with van der Waals surface area (Å²) in [5.74, 6) is 0.780. The van der Waals surface area contributed by atoms with E-state index in [0.717, 1.165) is 12.5 Å². The standard InChI is InChI=1S/C14H23N3/c1-11-3-4-12(2)17(10-11)14(9-15)13-5-7-16-8-6-13/h5-8,11-12,14H,3-4,9-10,15H2,1-2H3. The minimum atomic E-state index is 0.343. The lowest BCUT2D eigenvalue weighted by Gasteiger charge is -2.42. The number of nitrogens with two attached hydrogens (primary N) is 1. The molecule has 17 heavy (non-hydrogen) atoms. The third kappa shape index (κ3) is 2.85. The Bertz CT molecular complexity index is 339. The summed E-state index contributed by atoms with van der Waals surface area (Å²) in [6.45, 7) is 6.49. The van der Waals surface area contributed by atoms with Gasteiger partial charge in [0, 0.05) is 37.6 Å². The molecule has 0 amide bonds. The van der Waals surface area contributed by atoms with Crippen LogP contribution in [-0.4, -0.2) is 29.0 Å². The Balaban J connectivity index is 2.17. The van der Waals surface area contributed by atoms with E-state index in [1.165, 1.54) is 18.4 Å². The van der Waals surface area contributed by atoms with Crippen molar-refractivity contribution in [3.63, 3.8) is 0 Å². The first-order valence-electron chi connectivity index (χ1n) is 6.58. The van der Waals surface area contributed by atoms with E-state index < -0.39 is 0 Å². The van der Waals surface area contributed by atoms with Gasteiger partial charge in [-0.2, -0.15) is 0 Å². The van der Waals surface area contributed by atoms with Crippen molar-refractivity contribution in [2.75, 3.05) is 13.1 Å². The summed E-state index contributed by atoms with van der Waals surface area (Å²) in [5.41, 5.74) is 7.28. The fraction of sp³-hybridized carbons (Fsp3) is 0.643. The van der Waals surface area contributed by atoms with Crippen molar-refractivity contribution < 1.29 is 0 Å². The molecule has 0 radical (unpaired) electrons. The molecule has 3 atom stereocenters.